The molecule has 0 bridgehead atoms. The van der Waals surface area contributed by atoms with Gasteiger partial charge in [0.1, 0.15) is 23.1 Å². The van der Waals surface area contributed by atoms with E-state index in [9.17, 15) is 9.90 Å². The molecule has 0 amide bonds. The summed E-state index contributed by atoms with van der Waals surface area (Å²) in [5.41, 5.74) is 4.01. The molecule has 3 aromatic carbocycles. The van der Waals surface area contributed by atoms with Crippen LogP contribution in [0.15, 0.2) is 78.9 Å². The number of fused-ring (bicyclic) bond motifs is 1. The molecule has 1 saturated carbocycles. The monoisotopic (exact) mass is 496 g/mol. The molecule has 6 heteroatoms. The van der Waals surface area contributed by atoms with Crippen LogP contribution in [0.3, 0.4) is 0 Å². The number of ether oxygens (including phenoxy) is 2. The number of aromatic carboxylic acids is 1. The lowest BCUT2D eigenvalue weighted by Crippen LogP contribution is -2.14. The molecule has 1 aliphatic rings. The van der Waals surface area contributed by atoms with Gasteiger partial charge in [-0.1, -0.05) is 30.9 Å². The van der Waals surface area contributed by atoms with Crippen LogP contribution in [-0.4, -0.2) is 27.2 Å². The molecule has 1 N–H and O–H groups in total. The molecule has 1 aliphatic carbocycles. The Labute approximate surface area is 217 Å². The highest BCUT2D eigenvalue weighted by Crippen LogP contribution is 2.37. The second-order valence-electron chi connectivity index (χ2n) is 9.76. The van der Waals surface area contributed by atoms with Crippen LogP contribution in [0.2, 0.25) is 0 Å². The molecular formula is C31H32N2O4. The van der Waals surface area contributed by atoms with Gasteiger partial charge in [0.15, 0.2) is 0 Å². The maximum Gasteiger partial charge on any atom is 0.335 e. The zero-order valence-corrected chi connectivity index (χ0v) is 21.2. The maximum atomic E-state index is 11.5. The largest absolute Gasteiger partial charge is 0.493 e. The average Bonchev–Trinajstić information content (AvgIpc) is 3.28. The average molecular weight is 497 g/mol. The van der Waals surface area contributed by atoms with Gasteiger partial charge in [-0.05, 0) is 74.4 Å². The summed E-state index contributed by atoms with van der Waals surface area (Å²) in [5, 5.41) is 9.46. The third-order valence-electron chi connectivity index (χ3n) is 6.83. The van der Waals surface area contributed by atoms with E-state index in [4.69, 9.17) is 14.5 Å². The summed E-state index contributed by atoms with van der Waals surface area (Å²) in [6.45, 7) is 6.49. The van der Waals surface area contributed by atoms with Gasteiger partial charge >= 0.3 is 5.97 Å². The van der Waals surface area contributed by atoms with Crippen LogP contribution in [-0.2, 0) is 0 Å². The summed E-state index contributed by atoms with van der Waals surface area (Å²) in [4.78, 5) is 16.4. The van der Waals surface area contributed by atoms with Crippen molar-refractivity contribution in [2.24, 2.45) is 0 Å². The Morgan fingerprint density at radius 1 is 1.00 bits per heavy atom. The van der Waals surface area contributed by atoms with Gasteiger partial charge in [0.25, 0.3) is 0 Å². The van der Waals surface area contributed by atoms with Gasteiger partial charge in [0.05, 0.1) is 23.2 Å². The lowest BCUT2D eigenvalue weighted by Gasteiger charge is -2.25. The summed E-state index contributed by atoms with van der Waals surface area (Å²) in [6.07, 6.45) is 6.67. The molecule has 1 aromatic heterocycles. The van der Waals surface area contributed by atoms with Crippen molar-refractivity contribution in [3.63, 3.8) is 0 Å². The second-order valence-corrected chi connectivity index (χ2v) is 9.76. The molecule has 37 heavy (non-hydrogen) atoms. The highest BCUT2D eigenvalue weighted by atomic mass is 16.5. The van der Waals surface area contributed by atoms with E-state index in [1.807, 2.05) is 61.5 Å². The Morgan fingerprint density at radius 2 is 1.76 bits per heavy atom. The minimum Gasteiger partial charge on any atom is -0.493 e. The molecule has 0 spiro atoms. The molecule has 0 unspecified atom stereocenters. The van der Waals surface area contributed by atoms with Crippen molar-refractivity contribution in [1.82, 2.24) is 9.55 Å². The molecule has 0 radical (unpaired) electrons. The van der Waals surface area contributed by atoms with Crippen molar-refractivity contribution < 1.29 is 19.4 Å². The van der Waals surface area contributed by atoms with E-state index < -0.39 is 5.97 Å². The number of imidazole rings is 1. The number of aromatic nitrogens is 2. The fourth-order valence-corrected chi connectivity index (χ4v) is 4.92. The molecule has 190 valence electrons. The van der Waals surface area contributed by atoms with Gasteiger partial charge in [-0.25, -0.2) is 9.78 Å². The van der Waals surface area contributed by atoms with Crippen LogP contribution in [0.5, 0.6) is 17.2 Å². The van der Waals surface area contributed by atoms with Crippen molar-refractivity contribution in [1.29, 1.82) is 0 Å². The minimum absolute atomic E-state index is 0.252. The van der Waals surface area contributed by atoms with Crippen LogP contribution in [0.25, 0.3) is 22.4 Å². The van der Waals surface area contributed by atoms with Crippen molar-refractivity contribution in [3.8, 4) is 28.6 Å². The number of hydrogen-bond donors (Lipinski definition) is 1. The third kappa shape index (κ3) is 5.69. The molecule has 5 rings (SSSR count). The van der Waals surface area contributed by atoms with E-state index in [0.717, 1.165) is 53.2 Å². The fourth-order valence-electron chi connectivity index (χ4n) is 4.92. The first kappa shape index (κ1) is 24.6. The standard InChI is InChI=1S/C31H32N2O4/c1-21(2)17-18-36-26-9-6-10-27(20-26)37-25-14-11-22(12-15-25)30-32-28-19-23(31(34)35)13-16-29(28)33(30)24-7-4-3-5-8-24/h6,9-16,19-20,24H,1,3-5,7-8,17-18H2,2H3,(H,34,35). The Hall–Kier alpha value is -4.06. The quantitative estimate of drug-likeness (QED) is 0.237. The van der Waals surface area contributed by atoms with Crippen LogP contribution >= 0.6 is 0 Å². The van der Waals surface area contributed by atoms with Crippen LogP contribution < -0.4 is 9.47 Å². The number of hydrogen-bond acceptors (Lipinski definition) is 4. The zero-order chi connectivity index (χ0) is 25.8. The molecule has 0 saturated heterocycles. The number of rotatable bonds is 9. The number of carboxylic acid groups (broad SMARTS) is 1. The molecule has 6 nitrogen and oxygen atoms in total. The van der Waals surface area contributed by atoms with Gasteiger partial charge in [-0.2, -0.15) is 0 Å². The summed E-state index contributed by atoms with van der Waals surface area (Å²) >= 11 is 0. The predicted octanol–water partition coefficient (Wildman–Crippen LogP) is 8.04. The van der Waals surface area contributed by atoms with Gasteiger partial charge < -0.3 is 19.1 Å². The van der Waals surface area contributed by atoms with E-state index in [-0.39, 0.29) is 5.56 Å². The van der Waals surface area contributed by atoms with E-state index >= 15 is 0 Å². The lowest BCUT2D eigenvalue weighted by atomic mass is 9.95. The summed E-state index contributed by atoms with van der Waals surface area (Å²) in [5.74, 6) is 2.11. The first-order chi connectivity index (χ1) is 18.0. The summed E-state index contributed by atoms with van der Waals surface area (Å²) < 4.78 is 14.2. The number of carboxylic acids is 1. The Bertz CT molecular complexity index is 1420. The molecule has 1 fully saturated rings. The van der Waals surface area contributed by atoms with Crippen molar-refractivity contribution in [3.05, 3.63) is 84.4 Å². The first-order valence-electron chi connectivity index (χ1n) is 12.9. The Morgan fingerprint density at radius 3 is 2.49 bits per heavy atom. The maximum absolute atomic E-state index is 11.5. The van der Waals surface area contributed by atoms with Gasteiger partial charge in [0, 0.05) is 24.1 Å². The zero-order valence-electron chi connectivity index (χ0n) is 21.2. The molecular weight excluding hydrogens is 464 g/mol. The predicted molar refractivity (Wildman–Crippen MR) is 146 cm³/mol. The van der Waals surface area contributed by atoms with E-state index in [0.29, 0.717) is 23.9 Å². The van der Waals surface area contributed by atoms with Gasteiger partial charge in [-0.3, -0.25) is 0 Å². The minimum atomic E-state index is -0.942. The highest BCUT2D eigenvalue weighted by molar-refractivity contribution is 5.93. The van der Waals surface area contributed by atoms with Crippen LogP contribution in [0.4, 0.5) is 0 Å². The highest BCUT2D eigenvalue weighted by Gasteiger charge is 2.23. The van der Waals surface area contributed by atoms with Crippen molar-refractivity contribution in [2.75, 3.05) is 6.61 Å². The first-order valence-corrected chi connectivity index (χ1v) is 12.9. The molecule has 0 aliphatic heterocycles. The molecule has 1 heterocycles. The normalized spacial score (nSPS) is 14.0. The lowest BCUT2D eigenvalue weighted by molar-refractivity contribution is 0.0697. The van der Waals surface area contributed by atoms with E-state index in [1.54, 1.807) is 12.1 Å². The van der Waals surface area contributed by atoms with Crippen LogP contribution in [0.1, 0.15) is 61.8 Å². The third-order valence-corrected chi connectivity index (χ3v) is 6.83. The number of benzene rings is 3. The van der Waals surface area contributed by atoms with Crippen molar-refractivity contribution in [2.45, 2.75) is 51.5 Å². The summed E-state index contributed by atoms with van der Waals surface area (Å²) in [6, 6.07) is 21.1. The number of carbonyl (C=O) groups is 1. The van der Waals surface area contributed by atoms with Gasteiger partial charge in [0.2, 0.25) is 0 Å². The smallest absolute Gasteiger partial charge is 0.335 e. The fraction of sp³-hybridized carbons (Fsp3) is 0.290. The van der Waals surface area contributed by atoms with Crippen LogP contribution in [0, 0.1) is 0 Å². The van der Waals surface area contributed by atoms with Gasteiger partial charge in [-0.15, -0.1) is 6.58 Å². The van der Waals surface area contributed by atoms with Crippen molar-refractivity contribution >= 4 is 17.0 Å². The molecule has 4 aromatic rings. The number of nitrogens with zero attached hydrogens (tertiary/aromatic N) is 2. The second kappa shape index (κ2) is 10.9. The van der Waals surface area contributed by atoms with E-state index in [1.165, 1.54) is 19.3 Å². The Balaban J connectivity index is 1.41. The molecule has 0 atom stereocenters. The Kier molecular flexibility index (Phi) is 7.26. The van der Waals surface area contributed by atoms with E-state index in [2.05, 4.69) is 11.1 Å². The SMILES string of the molecule is C=C(C)CCOc1cccc(Oc2ccc(-c3nc4cc(C(=O)O)ccc4n3C3CCCCC3)cc2)c1. The summed E-state index contributed by atoms with van der Waals surface area (Å²) in [7, 11) is 0. The topological polar surface area (TPSA) is 73.6 Å².